The summed E-state index contributed by atoms with van der Waals surface area (Å²) in [5.41, 5.74) is -0.950. The van der Waals surface area contributed by atoms with E-state index in [0.717, 1.165) is 4.57 Å². The van der Waals surface area contributed by atoms with E-state index >= 15 is 0 Å². The van der Waals surface area contributed by atoms with Gasteiger partial charge in [0, 0.05) is 26.7 Å². The van der Waals surface area contributed by atoms with Gasteiger partial charge < -0.3 is 14.2 Å². The highest BCUT2D eigenvalue weighted by Crippen LogP contribution is 2.18. The number of aromatic nitrogens is 4. The minimum Gasteiger partial charge on any atom is -0.454 e. The molecule has 30 heavy (non-hydrogen) atoms. The van der Waals surface area contributed by atoms with Crippen LogP contribution in [0.2, 0.25) is 0 Å². The van der Waals surface area contributed by atoms with Crippen molar-refractivity contribution in [2.24, 2.45) is 14.1 Å². The number of amides is 1. The molecule has 0 unspecified atom stereocenters. The largest absolute Gasteiger partial charge is 0.454 e. The average Bonchev–Trinajstić information content (AvgIpc) is 3.26. The summed E-state index contributed by atoms with van der Waals surface area (Å²) in [6.45, 7) is 1.11. The smallest absolute Gasteiger partial charge is 0.332 e. The van der Waals surface area contributed by atoms with Crippen LogP contribution in [0.25, 0.3) is 11.2 Å². The van der Waals surface area contributed by atoms with E-state index in [1.165, 1.54) is 34.5 Å². The quantitative estimate of drug-likeness (QED) is 0.469. The number of nitrogens with zero attached hydrogens (tertiary/aromatic N) is 5. The molecule has 0 aromatic carbocycles. The van der Waals surface area contributed by atoms with Crippen LogP contribution in [0.1, 0.15) is 13.3 Å². The molecule has 1 aliphatic heterocycles. The number of likely N-dealkylation sites (N-methyl/N-ethyl adjacent to an activating group) is 1. The Morgan fingerprint density at radius 1 is 1.27 bits per heavy atom. The molecule has 1 saturated heterocycles. The maximum Gasteiger partial charge on any atom is 0.332 e. The Morgan fingerprint density at radius 2 is 1.97 bits per heavy atom. The van der Waals surface area contributed by atoms with Gasteiger partial charge in [-0.1, -0.05) is 0 Å². The first-order valence-corrected chi connectivity index (χ1v) is 11.1. The van der Waals surface area contributed by atoms with E-state index < -0.39 is 45.6 Å². The first-order chi connectivity index (χ1) is 14.1. The fraction of sp³-hybridized carbons (Fsp3) is 0.588. The average molecular weight is 441 g/mol. The molecule has 164 valence electrons. The van der Waals surface area contributed by atoms with E-state index in [4.69, 9.17) is 4.74 Å². The number of esters is 1. The monoisotopic (exact) mass is 441 g/mol. The second-order valence-corrected chi connectivity index (χ2v) is 9.38. The summed E-state index contributed by atoms with van der Waals surface area (Å²) >= 11 is 0. The molecule has 1 amide bonds. The van der Waals surface area contributed by atoms with E-state index in [2.05, 4.69) is 4.98 Å². The van der Waals surface area contributed by atoms with E-state index in [1.54, 1.807) is 6.92 Å². The van der Waals surface area contributed by atoms with Crippen LogP contribution in [0.5, 0.6) is 0 Å². The molecule has 13 heteroatoms. The molecule has 0 aliphatic carbocycles. The second kappa shape index (κ2) is 8.05. The zero-order chi connectivity index (χ0) is 22.2. The summed E-state index contributed by atoms with van der Waals surface area (Å²) < 4.78 is 31.7. The molecule has 0 radical (unpaired) electrons. The molecule has 0 N–H and O–H groups in total. The Morgan fingerprint density at radius 3 is 2.57 bits per heavy atom. The van der Waals surface area contributed by atoms with Crippen molar-refractivity contribution in [3.63, 3.8) is 0 Å². The van der Waals surface area contributed by atoms with Crippen molar-refractivity contribution in [3.05, 3.63) is 27.2 Å². The molecular formula is C17H23N5O7S. The number of rotatable bonds is 6. The molecule has 12 nitrogen and oxygen atoms in total. The van der Waals surface area contributed by atoms with Gasteiger partial charge >= 0.3 is 11.7 Å². The fourth-order valence-corrected chi connectivity index (χ4v) is 5.32. The Hall–Kier alpha value is -2.96. The van der Waals surface area contributed by atoms with Crippen molar-refractivity contribution in [2.45, 2.75) is 25.9 Å². The summed E-state index contributed by atoms with van der Waals surface area (Å²) in [4.78, 5) is 54.4. The molecule has 3 heterocycles. The third-order valence-electron chi connectivity index (χ3n) is 5.18. The topological polar surface area (TPSA) is 143 Å². The van der Waals surface area contributed by atoms with E-state index in [0.29, 0.717) is 13.0 Å². The van der Waals surface area contributed by atoms with Crippen LogP contribution in [0, 0.1) is 0 Å². The highest BCUT2D eigenvalue weighted by atomic mass is 32.2. The zero-order valence-corrected chi connectivity index (χ0v) is 17.7. The van der Waals surface area contributed by atoms with Gasteiger partial charge in [0.15, 0.2) is 27.6 Å². The van der Waals surface area contributed by atoms with Crippen molar-refractivity contribution in [2.75, 3.05) is 24.7 Å². The lowest BCUT2D eigenvalue weighted by Crippen LogP contribution is -2.43. The van der Waals surface area contributed by atoms with Gasteiger partial charge in [0.25, 0.3) is 11.5 Å². The number of imidazole rings is 1. The van der Waals surface area contributed by atoms with Crippen molar-refractivity contribution in [1.29, 1.82) is 0 Å². The summed E-state index contributed by atoms with van der Waals surface area (Å²) in [6, 6.07) is -0.423. The van der Waals surface area contributed by atoms with Crippen molar-refractivity contribution >= 4 is 32.9 Å². The lowest BCUT2D eigenvalue weighted by molar-refractivity contribution is -0.153. The van der Waals surface area contributed by atoms with E-state index in [-0.39, 0.29) is 29.2 Å². The first-order valence-electron chi connectivity index (χ1n) is 9.32. The van der Waals surface area contributed by atoms with Crippen LogP contribution in [0.4, 0.5) is 0 Å². The molecule has 2 aromatic rings. The Balaban J connectivity index is 1.68. The molecule has 2 aromatic heterocycles. The molecule has 0 bridgehead atoms. The highest BCUT2D eigenvalue weighted by molar-refractivity contribution is 7.91. The van der Waals surface area contributed by atoms with Crippen molar-refractivity contribution in [3.8, 4) is 0 Å². The molecule has 1 aliphatic rings. The molecule has 1 fully saturated rings. The van der Waals surface area contributed by atoms with Crippen LogP contribution in [-0.2, 0) is 44.8 Å². The molecular weight excluding hydrogens is 418 g/mol. The van der Waals surface area contributed by atoms with Gasteiger partial charge in [0.05, 0.1) is 17.8 Å². The van der Waals surface area contributed by atoms with Gasteiger partial charge in [-0.05, 0) is 13.3 Å². The van der Waals surface area contributed by atoms with Gasteiger partial charge in [-0.25, -0.2) is 18.2 Å². The minimum atomic E-state index is -3.15. The number of ether oxygens (including phenoxy) is 1. The molecule has 1 atom stereocenters. The van der Waals surface area contributed by atoms with Gasteiger partial charge in [0.2, 0.25) is 0 Å². The SMILES string of the molecule is CCN(C(=O)COC(=O)Cn1cnc2c1c(=O)n(C)c(=O)n2C)[C@H]1CCS(=O)(=O)C1. The van der Waals surface area contributed by atoms with Crippen LogP contribution < -0.4 is 11.2 Å². The second-order valence-electron chi connectivity index (χ2n) is 7.15. The van der Waals surface area contributed by atoms with Gasteiger partial charge in [0.1, 0.15) is 6.54 Å². The van der Waals surface area contributed by atoms with E-state index in [9.17, 15) is 27.6 Å². The number of hydrogen-bond donors (Lipinski definition) is 0. The fourth-order valence-electron chi connectivity index (χ4n) is 3.59. The number of hydrogen-bond acceptors (Lipinski definition) is 8. The molecule has 0 spiro atoms. The number of carbonyl (C=O) groups is 2. The lowest BCUT2D eigenvalue weighted by Gasteiger charge is -2.26. The molecule has 0 saturated carbocycles. The van der Waals surface area contributed by atoms with E-state index in [1.807, 2.05) is 0 Å². The van der Waals surface area contributed by atoms with Crippen LogP contribution in [0.3, 0.4) is 0 Å². The third kappa shape index (κ3) is 4.01. The van der Waals surface area contributed by atoms with Crippen LogP contribution in [0.15, 0.2) is 15.9 Å². The molecule has 3 rings (SSSR count). The van der Waals surface area contributed by atoms with Gasteiger partial charge in [-0.3, -0.25) is 23.5 Å². The Bertz CT molecular complexity index is 1220. The minimum absolute atomic E-state index is 0.0341. The maximum atomic E-state index is 12.4. The summed E-state index contributed by atoms with van der Waals surface area (Å²) in [5.74, 6) is -1.31. The first kappa shape index (κ1) is 21.7. The number of sulfone groups is 1. The maximum absolute atomic E-state index is 12.4. The standard InChI is InChI=1S/C17H23N5O7S/c1-4-22(11-5-6-30(27,28)9-11)12(23)8-29-13(24)7-21-10-18-15-14(21)16(25)20(3)17(26)19(15)2/h10-11H,4-9H2,1-3H3/t11-/m0/s1. The summed E-state index contributed by atoms with van der Waals surface area (Å²) in [5, 5.41) is 0. The normalized spacial score (nSPS) is 17.9. The van der Waals surface area contributed by atoms with Crippen LogP contribution in [-0.4, -0.2) is 74.6 Å². The highest BCUT2D eigenvalue weighted by Gasteiger charge is 2.34. The number of aryl methyl sites for hydroxylation is 1. The number of carbonyl (C=O) groups excluding carboxylic acids is 2. The summed E-state index contributed by atoms with van der Waals surface area (Å²) in [6.07, 6.45) is 1.61. The van der Waals surface area contributed by atoms with Gasteiger partial charge in [-0.2, -0.15) is 0 Å². The Kier molecular flexibility index (Phi) is 5.83. The van der Waals surface area contributed by atoms with Crippen molar-refractivity contribution in [1.82, 2.24) is 23.6 Å². The van der Waals surface area contributed by atoms with Gasteiger partial charge in [-0.15, -0.1) is 0 Å². The van der Waals surface area contributed by atoms with Crippen molar-refractivity contribution < 1.29 is 22.7 Å². The number of fused-ring (bicyclic) bond motifs is 1. The summed E-state index contributed by atoms with van der Waals surface area (Å²) in [7, 11) is -0.373. The predicted molar refractivity (Wildman–Crippen MR) is 106 cm³/mol. The lowest BCUT2D eigenvalue weighted by atomic mass is 10.2. The van der Waals surface area contributed by atoms with Crippen LogP contribution >= 0.6 is 0 Å². The predicted octanol–water partition coefficient (Wildman–Crippen LogP) is -1.99. The zero-order valence-electron chi connectivity index (χ0n) is 16.9. The third-order valence-corrected chi connectivity index (χ3v) is 6.93. The Labute approximate surface area is 171 Å².